The van der Waals surface area contributed by atoms with E-state index in [9.17, 15) is 9.90 Å². The number of fused-ring (bicyclic) bond motifs is 2. The van der Waals surface area contributed by atoms with E-state index in [4.69, 9.17) is 4.74 Å². The Hall–Kier alpha value is -2.22. The highest BCUT2D eigenvalue weighted by molar-refractivity contribution is 5.79. The molecule has 1 saturated carbocycles. The molecule has 0 aromatic carbocycles. The summed E-state index contributed by atoms with van der Waals surface area (Å²) < 4.78 is 7.43. The van der Waals surface area contributed by atoms with Crippen LogP contribution in [0.1, 0.15) is 24.6 Å². The lowest BCUT2D eigenvalue weighted by Crippen LogP contribution is -2.39. The predicted molar refractivity (Wildman–Crippen MR) is 79.3 cm³/mol. The van der Waals surface area contributed by atoms with Crippen LogP contribution in [0.25, 0.3) is 5.65 Å². The van der Waals surface area contributed by atoms with Crippen molar-refractivity contribution < 1.29 is 14.6 Å². The Bertz CT molecular complexity index is 802. The monoisotopic (exact) mass is 315 g/mol. The summed E-state index contributed by atoms with van der Waals surface area (Å²) in [5.74, 6) is 1.42. The van der Waals surface area contributed by atoms with Crippen LogP contribution in [0.4, 0.5) is 5.82 Å². The summed E-state index contributed by atoms with van der Waals surface area (Å²) in [6.45, 7) is 1.80. The maximum atomic E-state index is 11.8. The minimum Gasteiger partial charge on any atom is -0.481 e. The Morgan fingerprint density at radius 1 is 1.39 bits per heavy atom. The van der Waals surface area contributed by atoms with E-state index in [1.807, 2.05) is 15.5 Å². The van der Waals surface area contributed by atoms with Gasteiger partial charge in [0.25, 0.3) is 0 Å². The van der Waals surface area contributed by atoms with Crippen LogP contribution in [0.15, 0.2) is 12.4 Å². The molecule has 0 unspecified atom stereocenters. The van der Waals surface area contributed by atoms with E-state index in [0.29, 0.717) is 25.6 Å². The Labute approximate surface area is 132 Å². The van der Waals surface area contributed by atoms with Crippen molar-refractivity contribution in [3.8, 4) is 0 Å². The second-order valence-corrected chi connectivity index (χ2v) is 6.83. The van der Waals surface area contributed by atoms with Gasteiger partial charge in [0.15, 0.2) is 5.82 Å². The number of carbonyl (C=O) groups is 1. The fraction of sp³-hybridized carbons (Fsp3) is 0.600. The van der Waals surface area contributed by atoms with Crippen LogP contribution < -0.4 is 4.90 Å². The van der Waals surface area contributed by atoms with Gasteiger partial charge in [-0.15, -0.1) is 10.2 Å². The minimum atomic E-state index is -0.826. The van der Waals surface area contributed by atoms with E-state index in [0.717, 1.165) is 30.1 Å². The van der Waals surface area contributed by atoms with Crippen molar-refractivity contribution in [2.24, 2.45) is 11.3 Å². The first-order valence-electron chi connectivity index (χ1n) is 7.95. The number of anilines is 1. The molecule has 1 aliphatic carbocycles. The third-order valence-corrected chi connectivity index (χ3v) is 5.38. The first-order chi connectivity index (χ1) is 11.2. The van der Waals surface area contributed by atoms with Gasteiger partial charge in [0, 0.05) is 37.3 Å². The lowest BCUT2D eigenvalue weighted by atomic mass is 9.81. The number of carboxylic acids is 1. The number of rotatable bonds is 3. The number of ether oxygens (including phenoxy) is 1. The highest BCUT2D eigenvalue weighted by atomic mass is 16.5. The second-order valence-electron chi connectivity index (χ2n) is 6.83. The van der Waals surface area contributed by atoms with Crippen molar-refractivity contribution in [2.75, 3.05) is 31.2 Å². The smallest absolute Gasteiger partial charge is 0.314 e. The molecule has 2 atom stereocenters. The Kier molecular flexibility index (Phi) is 2.54. The number of aliphatic carboxylic acids is 1. The average Bonchev–Trinajstić information content (AvgIpc) is 3.00. The van der Waals surface area contributed by atoms with Crippen LogP contribution in [-0.4, -0.2) is 57.0 Å². The zero-order valence-electron chi connectivity index (χ0n) is 12.6. The largest absolute Gasteiger partial charge is 0.481 e. The van der Waals surface area contributed by atoms with Gasteiger partial charge in [0.1, 0.15) is 11.2 Å². The van der Waals surface area contributed by atoms with Gasteiger partial charge in [0.2, 0.25) is 5.65 Å². The summed E-state index contributed by atoms with van der Waals surface area (Å²) in [5, 5.41) is 18.3. The standard InChI is InChI=1S/C15H17N5O3/c21-14(22)15-7-19(5-10(15)6-23-8-15)12-13-18-17-11(9-1-2-9)20(13)4-3-16-12/h3-4,9-10H,1-2,5-8H2,(H,21,22)/t10-,15-/m1/s1. The summed E-state index contributed by atoms with van der Waals surface area (Å²) in [6.07, 6.45) is 5.95. The molecule has 23 heavy (non-hydrogen) atoms. The molecule has 8 nitrogen and oxygen atoms in total. The molecule has 120 valence electrons. The van der Waals surface area contributed by atoms with Gasteiger partial charge >= 0.3 is 5.97 Å². The number of hydrogen-bond donors (Lipinski definition) is 1. The summed E-state index contributed by atoms with van der Waals surface area (Å²) in [5.41, 5.74) is -0.107. The Balaban J connectivity index is 1.56. The van der Waals surface area contributed by atoms with Crippen LogP contribution in [0.3, 0.4) is 0 Å². The van der Waals surface area contributed by atoms with E-state index >= 15 is 0 Å². The lowest BCUT2D eigenvalue weighted by molar-refractivity contribution is -0.149. The fourth-order valence-corrected chi connectivity index (χ4v) is 3.87. The van der Waals surface area contributed by atoms with E-state index in [2.05, 4.69) is 15.2 Å². The molecule has 1 N–H and O–H groups in total. The van der Waals surface area contributed by atoms with E-state index in [1.165, 1.54) is 0 Å². The van der Waals surface area contributed by atoms with Gasteiger partial charge in [-0.05, 0) is 12.8 Å². The molecule has 0 bridgehead atoms. The van der Waals surface area contributed by atoms with Crippen LogP contribution in [-0.2, 0) is 9.53 Å². The van der Waals surface area contributed by atoms with Gasteiger partial charge in [-0.25, -0.2) is 4.98 Å². The molecular formula is C15H17N5O3. The average molecular weight is 315 g/mol. The number of nitrogens with zero attached hydrogens (tertiary/aromatic N) is 5. The van der Waals surface area contributed by atoms with Crippen molar-refractivity contribution in [2.45, 2.75) is 18.8 Å². The maximum Gasteiger partial charge on any atom is 0.314 e. The highest BCUT2D eigenvalue weighted by Gasteiger charge is 2.56. The van der Waals surface area contributed by atoms with Crippen molar-refractivity contribution in [1.82, 2.24) is 19.6 Å². The van der Waals surface area contributed by atoms with E-state index < -0.39 is 11.4 Å². The molecule has 2 aromatic rings. The maximum absolute atomic E-state index is 11.8. The number of carboxylic acid groups (broad SMARTS) is 1. The summed E-state index contributed by atoms with van der Waals surface area (Å²) in [7, 11) is 0. The van der Waals surface area contributed by atoms with Gasteiger partial charge in [0.05, 0.1) is 13.2 Å². The molecule has 5 rings (SSSR count). The first-order valence-corrected chi connectivity index (χ1v) is 7.95. The molecule has 0 spiro atoms. The number of hydrogen-bond acceptors (Lipinski definition) is 6. The topological polar surface area (TPSA) is 92.9 Å². The Morgan fingerprint density at radius 3 is 3.00 bits per heavy atom. The van der Waals surface area contributed by atoms with Crippen molar-refractivity contribution in [3.63, 3.8) is 0 Å². The van der Waals surface area contributed by atoms with Gasteiger partial charge in [-0.1, -0.05) is 0 Å². The van der Waals surface area contributed by atoms with Crippen LogP contribution in [0.2, 0.25) is 0 Å². The van der Waals surface area contributed by atoms with Crippen LogP contribution in [0.5, 0.6) is 0 Å². The van der Waals surface area contributed by atoms with Crippen molar-refractivity contribution in [3.05, 3.63) is 18.2 Å². The van der Waals surface area contributed by atoms with Gasteiger partial charge in [-0.2, -0.15) is 0 Å². The predicted octanol–water partition coefficient (Wildman–Crippen LogP) is 0.539. The SMILES string of the molecule is O=C(O)[C@]12COC[C@H]1CN(c1nccn3c(C4CC4)nnc13)C2. The molecule has 3 aliphatic rings. The molecular weight excluding hydrogens is 298 g/mol. The van der Waals surface area contributed by atoms with Crippen LogP contribution in [0, 0.1) is 11.3 Å². The number of aromatic nitrogens is 4. The van der Waals surface area contributed by atoms with Gasteiger partial charge in [-0.3, -0.25) is 9.20 Å². The van der Waals surface area contributed by atoms with Crippen molar-refractivity contribution in [1.29, 1.82) is 0 Å². The zero-order chi connectivity index (χ0) is 15.6. The van der Waals surface area contributed by atoms with E-state index in [1.54, 1.807) is 6.20 Å². The zero-order valence-corrected chi connectivity index (χ0v) is 12.6. The summed E-state index contributed by atoms with van der Waals surface area (Å²) in [4.78, 5) is 18.3. The molecule has 0 amide bonds. The molecule has 3 fully saturated rings. The molecule has 8 heteroatoms. The van der Waals surface area contributed by atoms with E-state index in [-0.39, 0.29) is 12.5 Å². The molecule has 4 heterocycles. The lowest BCUT2D eigenvalue weighted by Gasteiger charge is -2.22. The third kappa shape index (κ3) is 1.75. The fourth-order valence-electron chi connectivity index (χ4n) is 3.87. The van der Waals surface area contributed by atoms with Crippen molar-refractivity contribution >= 4 is 17.4 Å². The second kappa shape index (κ2) is 4.41. The normalized spacial score (nSPS) is 30.1. The quantitative estimate of drug-likeness (QED) is 0.883. The minimum absolute atomic E-state index is 0.00659. The molecule has 2 saturated heterocycles. The highest BCUT2D eigenvalue weighted by Crippen LogP contribution is 2.44. The molecule has 0 radical (unpaired) electrons. The van der Waals surface area contributed by atoms with Crippen LogP contribution >= 0.6 is 0 Å². The first kappa shape index (κ1) is 13.2. The third-order valence-electron chi connectivity index (χ3n) is 5.38. The Morgan fingerprint density at radius 2 is 2.26 bits per heavy atom. The molecule has 2 aliphatic heterocycles. The summed E-state index contributed by atoms with van der Waals surface area (Å²) >= 11 is 0. The molecule has 2 aromatic heterocycles. The van der Waals surface area contributed by atoms with Gasteiger partial charge < -0.3 is 14.7 Å². The summed E-state index contributed by atoms with van der Waals surface area (Å²) in [6, 6.07) is 0.